The number of nitrogens with one attached hydrogen (secondary N) is 2. The smallest absolute Gasteiger partial charge is 0.314 e. The lowest BCUT2D eigenvalue weighted by Crippen LogP contribution is -2.29. The molecule has 23 heavy (non-hydrogen) atoms. The van der Waals surface area contributed by atoms with Crippen molar-refractivity contribution in [3.8, 4) is 23.0 Å². The predicted octanol–water partition coefficient (Wildman–Crippen LogP) is 1.39. The molecule has 0 bridgehead atoms. The standard InChI is InChI=1S/C15H14N2O6/c1-23-13-7-9(3-5-11(13)19)17-15(22)14(21)16-8-2-4-10(18)12(20)6-8/h2-7,18-20H,1H3,(H,16,21)(H,17,22). The van der Waals surface area contributed by atoms with Gasteiger partial charge in [0.15, 0.2) is 23.0 Å². The van der Waals surface area contributed by atoms with E-state index >= 15 is 0 Å². The van der Waals surface area contributed by atoms with Gasteiger partial charge in [-0.25, -0.2) is 0 Å². The van der Waals surface area contributed by atoms with Gasteiger partial charge in [-0.2, -0.15) is 0 Å². The first-order valence-electron chi connectivity index (χ1n) is 6.42. The van der Waals surface area contributed by atoms with Crippen LogP contribution in [-0.2, 0) is 9.59 Å². The second-order valence-corrected chi connectivity index (χ2v) is 4.50. The molecule has 8 heteroatoms. The molecule has 2 amide bonds. The highest BCUT2D eigenvalue weighted by Gasteiger charge is 2.15. The van der Waals surface area contributed by atoms with E-state index < -0.39 is 17.6 Å². The van der Waals surface area contributed by atoms with Crippen molar-refractivity contribution >= 4 is 23.2 Å². The van der Waals surface area contributed by atoms with Crippen molar-refractivity contribution in [3.05, 3.63) is 36.4 Å². The van der Waals surface area contributed by atoms with Gasteiger partial charge in [-0.1, -0.05) is 0 Å². The van der Waals surface area contributed by atoms with Crippen molar-refractivity contribution in [1.29, 1.82) is 0 Å². The van der Waals surface area contributed by atoms with E-state index in [4.69, 9.17) is 4.74 Å². The molecule has 0 aliphatic carbocycles. The number of phenolic OH excluding ortho intramolecular Hbond substituents is 3. The monoisotopic (exact) mass is 318 g/mol. The Morgan fingerprint density at radius 1 is 0.826 bits per heavy atom. The van der Waals surface area contributed by atoms with Gasteiger partial charge in [0.2, 0.25) is 0 Å². The van der Waals surface area contributed by atoms with Crippen molar-refractivity contribution in [3.63, 3.8) is 0 Å². The molecule has 0 radical (unpaired) electrons. The molecule has 0 fully saturated rings. The maximum Gasteiger partial charge on any atom is 0.314 e. The molecule has 0 heterocycles. The number of hydrogen-bond acceptors (Lipinski definition) is 6. The average Bonchev–Trinajstić information content (AvgIpc) is 2.52. The van der Waals surface area contributed by atoms with Crippen molar-refractivity contribution in [2.24, 2.45) is 0 Å². The Labute approximate surface area is 131 Å². The van der Waals surface area contributed by atoms with Gasteiger partial charge < -0.3 is 30.7 Å². The van der Waals surface area contributed by atoms with Crippen LogP contribution in [0.3, 0.4) is 0 Å². The molecule has 0 aliphatic heterocycles. The second-order valence-electron chi connectivity index (χ2n) is 4.50. The van der Waals surface area contributed by atoms with Crippen LogP contribution in [0.5, 0.6) is 23.0 Å². The zero-order valence-corrected chi connectivity index (χ0v) is 12.0. The van der Waals surface area contributed by atoms with Gasteiger partial charge in [0.05, 0.1) is 7.11 Å². The summed E-state index contributed by atoms with van der Waals surface area (Å²) in [4.78, 5) is 23.6. The topological polar surface area (TPSA) is 128 Å². The minimum Gasteiger partial charge on any atom is -0.504 e. The van der Waals surface area contributed by atoms with E-state index in [2.05, 4.69) is 10.6 Å². The summed E-state index contributed by atoms with van der Waals surface area (Å²) in [6.45, 7) is 0. The van der Waals surface area contributed by atoms with Gasteiger partial charge in [-0.15, -0.1) is 0 Å². The SMILES string of the molecule is COc1cc(NC(=O)C(=O)Nc2ccc(O)c(O)c2)ccc1O. The van der Waals surface area contributed by atoms with Crippen molar-refractivity contribution in [2.75, 3.05) is 17.7 Å². The van der Waals surface area contributed by atoms with Gasteiger partial charge in [0.1, 0.15) is 0 Å². The third-order valence-corrected chi connectivity index (χ3v) is 2.88. The highest BCUT2D eigenvalue weighted by Crippen LogP contribution is 2.29. The third kappa shape index (κ3) is 3.82. The fourth-order valence-corrected chi connectivity index (χ4v) is 1.73. The van der Waals surface area contributed by atoms with Gasteiger partial charge >= 0.3 is 11.8 Å². The number of aromatic hydroxyl groups is 3. The molecular weight excluding hydrogens is 304 g/mol. The third-order valence-electron chi connectivity index (χ3n) is 2.88. The molecule has 0 unspecified atom stereocenters. The van der Waals surface area contributed by atoms with Gasteiger partial charge in [0, 0.05) is 23.5 Å². The summed E-state index contributed by atoms with van der Waals surface area (Å²) in [5, 5.41) is 32.6. The lowest BCUT2D eigenvalue weighted by molar-refractivity contribution is -0.133. The zero-order chi connectivity index (χ0) is 17.0. The van der Waals surface area contributed by atoms with Crippen LogP contribution in [0.25, 0.3) is 0 Å². The predicted molar refractivity (Wildman–Crippen MR) is 81.7 cm³/mol. The highest BCUT2D eigenvalue weighted by molar-refractivity contribution is 6.43. The van der Waals surface area contributed by atoms with E-state index in [0.717, 1.165) is 6.07 Å². The Hall–Kier alpha value is -3.42. The molecule has 2 aromatic carbocycles. The second kappa shape index (κ2) is 6.56. The molecule has 0 spiro atoms. The van der Waals surface area contributed by atoms with Gasteiger partial charge in [-0.05, 0) is 24.3 Å². The summed E-state index contributed by atoms with van der Waals surface area (Å²) < 4.78 is 4.89. The Bertz CT molecular complexity index is 760. The van der Waals surface area contributed by atoms with E-state index in [1.54, 1.807) is 0 Å². The number of methoxy groups -OCH3 is 1. The maximum atomic E-state index is 11.8. The fourth-order valence-electron chi connectivity index (χ4n) is 1.73. The number of hydrogen-bond donors (Lipinski definition) is 5. The Balaban J connectivity index is 2.05. The van der Waals surface area contributed by atoms with Crippen LogP contribution in [-0.4, -0.2) is 34.2 Å². The lowest BCUT2D eigenvalue weighted by atomic mass is 10.2. The van der Waals surface area contributed by atoms with Crippen molar-refractivity contribution in [1.82, 2.24) is 0 Å². The largest absolute Gasteiger partial charge is 0.504 e. The number of benzene rings is 2. The molecule has 2 aromatic rings. The first-order valence-corrected chi connectivity index (χ1v) is 6.42. The van der Waals surface area contributed by atoms with E-state index in [1.807, 2.05) is 0 Å². The summed E-state index contributed by atoms with van der Waals surface area (Å²) >= 11 is 0. The van der Waals surface area contributed by atoms with Crippen molar-refractivity contribution in [2.45, 2.75) is 0 Å². The zero-order valence-electron chi connectivity index (χ0n) is 12.0. The number of carbonyl (C=O) groups excluding carboxylic acids is 2. The summed E-state index contributed by atoms with van der Waals surface area (Å²) in [6.07, 6.45) is 0. The van der Waals surface area contributed by atoms with Crippen LogP contribution >= 0.6 is 0 Å². The number of amides is 2. The molecule has 8 nitrogen and oxygen atoms in total. The number of ether oxygens (including phenoxy) is 1. The van der Waals surface area contributed by atoms with Crippen LogP contribution < -0.4 is 15.4 Å². The molecule has 0 saturated carbocycles. The van der Waals surface area contributed by atoms with Crippen LogP contribution in [0.1, 0.15) is 0 Å². The van der Waals surface area contributed by atoms with E-state index in [0.29, 0.717) is 0 Å². The highest BCUT2D eigenvalue weighted by atomic mass is 16.5. The molecule has 0 saturated heterocycles. The molecular formula is C15H14N2O6. The summed E-state index contributed by atoms with van der Waals surface area (Å²) in [5.74, 6) is -2.65. The summed E-state index contributed by atoms with van der Waals surface area (Å²) in [6, 6.07) is 7.66. The molecule has 0 atom stereocenters. The first kappa shape index (κ1) is 16.0. The van der Waals surface area contributed by atoms with Crippen LogP contribution in [0.4, 0.5) is 11.4 Å². The van der Waals surface area contributed by atoms with Gasteiger partial charge in [-0.3, -0.25) is 9.59 Å². The van der Waals surface area contributed by atoms with Crippen LogP contribution in [0.2, 0.25) is 0 Å². The number of anilines is 2. The Morgan fingerprint density at radius 2 is 1.35 bits per heavy atom. The quantitative estimate of drug-likeness (QED) is 0.330. The normalized spacial score (nSPS) is 9.96. The van der Waals surface area contributed by atoms with Gasteiger partial charge in [0.25, 0.3) is 0 Å². The fraction of sp³-hybridized carbons (Fsp3) is 0.0667. The van der Waals surface area contributed by atoms with Crippen LogP contribution in [0.15, 0.2) is 36.4 Å². The molecule has 2 rings (SSSR count). The van der Waals surface area contributed by atoms with Crippen LogP contribution in [0, 0.1) is 0 Å². The maximum absolute atomic E-state index is 11.8. The van der Waals surface area contributed by atoms with E-state index in [-0.39, 0.29) is 28.6 Å². The molecule has 120 valence electrons. The average molecular weight is 318 g/mol. The minimum absolute atomic E-state index is 0.102. The first-order chi connectivity index (χ1) is 10.9. The minimum atomic E-state index is -0.970. The Morgan fingerprint density at radius 3 is 1.87 bits per heavy atom. The van der Waals surface area contributed by atoms with E-state index in [9.17, 15) is 24.9 Å². The number of carbonyl (C=O) groups is 2. The lowest BCUT2D eigenvalue weighted by Gasteiger charge is -2.09. The molecule has 5 N–H and O–H groups in total. The van der Waals surface area contributed by atoms with Crippen molar-refractivity contribution < 1.29 is 29.6 Å². The summed E-state index contributed by atoms with van der Waals surface area (Å²) in [5.41, 5.74) is 0.400. The van der Waals surface area contributed by atoms with E-state index in [1.165, 1.54) is 37.4 Å². The number of phenols is 3. The summed E-state index contributed by atoms with van der Waals surface area (Å²) in [7, 11) is 1.35. The Kier molecular flexibility index (Phi) is 4.55. The number of rotatable bonds is 3. The molecule has 0 aliphatic rings. The molecule has 0 aromatic heterocycles.